The first-order valence-corrected chi connectivity index (χ1v) is 8.20. The third-order valence-corrected chi connectivity index (χ3v) is 4.58. The van der Waals surface area contributed by atoms with Crippen molar-refractivity contribution in [1.82, 2.24) is 14.7 Å². The molecule has 1 aliphatic heterocycles. The molecule has 0 saturated carbocycles. The fourth-order valence-corrected chi connectivity index (χ4v) is 2.96. The van der Waals surface area contributed by atoms with Crippen LogP contribution in [-0.2, 0) is 4.79 Å². The van der Waals surface area contributed by atoms with Crippen molar-refractivity contribution >= 4 is 5.91 Å². The van der Waals surface area contributed by atoms with Crippen LogP contribution in [0.2, 0.25) is 0 Å². The van der Waals surface area contributed by atoms with Gasteiger partial charge in [-0.1, -0.05) is 13.8 Å². The average Bonchev–Trinajstić information content (AvgIpc) is 2.41. The molecule has 21 heavy (non-hydrogen) atoms. The topological polar surface area (TPSA) is 52.8 Å². The van der Waals surface area contributed by atoms with E-state index in [4.69, 9.17) is 5.73 Å². The lowest BCUT2D eigenvalue weighted by Crippen LogP contribution is -2.52. The lowest BCUT2D eigenvalue weighted by atomic mass is 9.92. The van der Waals surface area contributed by atoms with Crippen LogP contribution in [0.25, 0.3) is 0 Å². The third-order valence-electron chi connectivity index (χ3n) is 4.58. The summed E-state index contributed by atoms with van der Waals surface area (Å²) in [5.74, 6) is 0.506. The lowest BCUT2D eigenvalue weighted by Gasteiger charge is -2.40. The number of likely N-dealkylation sites (N-methyl/N-ethyl adjacent to an activating group) is 1. The Morgan fingerprint density at radius 3 is 2.24 bits per heavy atom. The largest absolute Gasteiger partial charge is 0.338 e. The molecule has 1 aliphatic rings. The summed E-state index contributed by atoms with van der Waals surface area (Å²) in [5, 5.41) is 0. The highest BCUT2D eigenvalue weighted by atomic mass is 16.2. The van der Waals surface area contributed by atoms with Crippen molar-refractivity contribution in [1.29, 1.82) is 0 Å². The van der Waals surface area contributed by atoms with Gasteiger partial charge in [0.2, 0.25) is 5.91 Å². The molecule has 0 aliphatic carbocycles. The van der Waals surface area contributed by atoms with E-state index in [1.807, 2.05) is 0 Å². The van der Waals surface area contributed by atoms with Gasteiger partial charge in [0.05, 0.1) is 5.92 Å². The minimum absolute atomic E-state index is 0.0492. The van der Waals surface area contributed by atoms with Crippen molar-refractivity contribution in [3.05, 3.63) is 0 Å². The maximum Gasteiger partial charge on any atom is 0.227 e. The quantitative estimate of drug-likeness (QED) is 0.752. The molecule has 1 atom stereocenters. The number of carbonyl (C=O) groups is 1. The minimum atomic E-state index is -0.0492. The second kappa shape index (κ2) is 8.71. The molecule has 1 rings (SSSR count). The SMILES string of the molecule is CC(C)C(CN)C(=O)N(CCN(C)C)C1CCN(C)CC1. The number of hydrogen-bond donors (Lipinski definition) is 1. The Labute approximate surface area is 130 Å². The molecule has 1 heterocycles. The van der Waals surface area contributed by atoms with Gasteiger partial charge in [-0.3, -0.25) is 4.79 Å². The van der Waals surface area contributed by atoms with Crippen LogP contribution in [0.1, 0.15) is 26.7 Å². The van der Waals surface area contributed by atoms with E-state index < -0.39 is 0 Å². The summed E-state index contributed by atoms with van der Waals surface area (Å²) in [6.45, 7) is 8.50. The van der Waals surface area contributed by atoms with E-state index in [0.29, 0.717) is 18.5 Å². The van der Waals surface area contributed by atoms with Crippen LogP contribution < -0.4 is 5.73 Å². The van der Waals surface area contributed by atoms with Gasteiger partial charge in [0.25, 0.3) is 0 Å². The summed E-state index contributed by atoms with van der Waals surface area (Å²) in [4.78, 5) is 19.5. The van der Waals surface area contributed by atoms with Gasteiger partial charge < -0.3 is 20.4 Å². The van der Waals surface area contributed by atoms with Gasteiger partial charge in [0.15, 0.2) is 0 Å². The Morgan fingerprint density at radius 1 is 1.24 bits per heavy atom. The molecule has 0 aromatic heterocycles. The summed E-state index contributed by atoms with van der Waals surface area (Å²) >= 11 is 0. The third kappa shape index (κ3) is 5.57. The molecule has 0 radical (unpaired) electrons. The molecule has 5 heteroatoms. The number of hydrogen-bond acceptors (Lipinski definition) is 4. The van der Waals surface area contributed by atoms with Crippen LogP contribution in [0.4, 0.5) is 0 Å². The molecule has 0 aromatic carbocycles. The first kappa shape index (κ1) is 18.4. The fourth-order valence-electron chi connectivity index (χ4n) is 2.96. The van der Waals surface area contributed by atoms with Crippen LogP contribution in [0.5, 0.6) is 0 Å². The van der Waals surface area contributed by atoms with Crippen LogP contribution >= 0.6 is 0 Å². The highest BCUT2D eigenvalue weighted by Crippen LogP contribution is 2.20. The van der Waals surface area contributed by atoms with Crippen LogP contribution in [0.3, 0.4) is 0 Å². The molecule has 1 fully saturated rings. The van der Waals surface area contributed by atoms with Crippen molar-refractivity contribution in [2.45, 2.75) is 32.7 Å². The lowest BCUT2D eigenvalue weighted by molar-refractivity contribution is -0.140. The molecule has 0 bridgehead atoms. The van der Waals surface area contributed by atoms with E-state index in [1.54, 1.807) is 0 Å². The summed E-state index contributed by atoms with van der Waals surface area (Å²) in [6, 6.07) is 0.376. The van der Waals surface area contributed by atoms with Gasteiger partial charge >= 0.3 is 0 Å². The monoisotopic (exact) mass is 298 g/mol. The van der Waals surface area contributed by atoms with Crippen molar-refractivity contribution < 1.29 is 4.79 Å². The summed E-state index contributed by atoms with van der Waals surface area (Å²) < 4.78 is 0. The smallest absolute Gasteiger partial charge is 0.227 e. The molecule has 124 valence electrons. The summed E-state index contributed by atoms with van der Waals surface area (Å²) in [6.07, 6.45) is 2.15. The predicted octanol–water partition coefficient (Wildman–Crippen LogP) is 0.702. The molecular formula is C16H34N4O. The summed E-state index contributed by atoms with van der Waals surface area (Å²) in [7, 11) is 6.26. The molecule has 0 spiro atoms. The number of nitrogens with two attached hydrogens (primary N) is 1. The standard InChI is InChI=1S/C16H34N4O/c1-13(2)15(12-17)16(21)20(11-10-18(3)4)14-6-8-19(5)9-7-14/h13-15H,6-12,17H2,1-5H3. The van der Waals surface area contributed by atoms with Gasteiger partial charge in [-0.25, -0.2) is 0 Å². The van der Waals surface area contributed by atoms with Gasteiger partial charge in [0, 0.05) is 25.7 Å². The first-order chi connectivity index (χ1) is 9.86. The molecular weight excluding hydrogens is 264 g/mol. The van der Waals surface area contributed by atoms with Crippen molar-refractivity contribution in [3.63, 3.8) is 0 Å². The van der Waals surface area contributed by atoms with Crippen molar-refractivity contribution in [3.8, 4) is 0 Å². The number of nitrogens with zero attached hydrogens (tertiary/aromatic N) is 3. The Morgan fingerprint density at radius 2 is 1.81 bits per heavy atom. The second-order valence-electron chi connectivity index (χ2n) is 6.96. The van der Waals surface area contributed by atoms with Crippen molar-refractivity contribution in [2.24, 2.45) is 17.6 Å². The summed E-state index contributed by atoms with van der Waals surface area (Å²) in [5.41, 5.74) is 5.85. The Hall–Kier alpha value is -0.650. The van der Waals surface area contributed by atoms with Gasteiger partial charge in [-0.15, -0.1) is 0 Å². The Balaban J connectivity index is 2.77. The highest BCUT2D eigenvalue weighted by Gasteiger charge is 2.31. The van der Waals surface area contributed by atoms with Crippen LogP contribution in [-0.4, -0.2) is 80.5 Å². The maximum absolute atomic E-state index is 12.9. The minimum Gasteiger partial charge on any atom is -0.338 e. The normalized spacial score (nSPS) is 19.2. The Bertz CT molecular complexity index is 311. The van der Waals surface area contributed by atoms with E-state index in [0.717, 1.165) is 39.0 Å². The number of piperidine rings is 1. The van der Waals surface area contributed by atoms with E-state index >= 15 is 0 Å². The van der Waals surface area contributed by atoms with Gasteiger partial charge in [-0.05, 0) is 53.0 Å². The molecule has 1 amide bonds. The van der Waals surface area contributed by atoms with Crippen molar-refractivity contribution in [2.75, 3.05) is 53.9 Å². The average molecular weight is 298 g/mol. The maximum atomic E-state index is 12.9. The van der Waals surface area contributed by atoms with E-state index in [2.05, 4.69) is 49.7 Å². The fraction of sp³-hybridized carbons (Fsp3) is 0.938. The first-order valence-electron chi connectivity index (χ1n) is 8.20. The number of amides is 1. The predicted molar refractivity (Wildman–Crippen MR) is 88.2 cm³/mol. The number of carbonyl (C=O) groups excluding carboxylic acids is 1. The van der Waals surface area contributed by atoms with Crippen LogP contribution in [0, 0.1) is 11.8 Å². The van der Waals surface area contributed by atoms with E-state index in [9.17, 15) is 4.79 Å². The van der Waals surface area contributed by atoms with Gasteiger partial charge in [0.1, 0.15) is 0 Å². The molecule has 1 saturated heterocycles. The molecule has 5 nitrogen and oxygen atoms in total. The number of likely N-dealkylation sites (tertiary alicyclic amines) is 1. The van der Waals surface area contributed by atoms with Crippen LogP contribution in [0.15, 0.2) is 0 Å². The second-order valence-corrected chi connectivity index (χ2v) is 6.96. The zero-order chi connectivity index (χ0) is 16.0. The molecule has 0 aromatic rings. The zero-order valence-corrected chi connectivity index (χ0v) is 14.5. The number of rotatable bonds is 7. The Kier molecular flexibility index (Phi) is 7.63. The highest BCUT2D eigenvalue weighted by molar-refractivity contribution is 5.79. The van der Waals surface area contributed by atoms with Gasteiger partial charge in [-0.2, -0.15) is 0 Å². The zero-order valence-electron chi connectivity index (χ0n) is 14.5. The molecule has 2 N–H and O–H groups in total. The van der Waals surface area contributed by atoms with E-state index in [1.165, 1.54) is 0 Å². The van der Waals surface area contributed by atoms with E-state index in [-0.39, 0.29) is 11.8 Å². The molecule has 1 unspecified atom stereocenters.